The molecule has 2 rings (SSSR count). The molecular formula is C15H26N2O. The van der Waals surface area contributed by atoms with Crippen molar-refractivity contribution in [2.24, 2.45) is 5.92 Å². The quantitative estimate of drug-likeness (QED) is 0.869. The van der Waals surface area contributed by atoms with E-state index in [1.54, 1.807) is 0 Å². The summed E-state index contributed by atoms with van der Waals surface area (Å²) in [6.07, 6.45) is 7.65. The van der Waals surface area contributed by atoms with Crippen molar-refractivity contribution in [2.75, 3.05) is 7.05 Å². The monoisotopic (exact) mass is 250 g/mol. The maximum Gasteiger partial charge on any atom is 0.0758 e. The van der Waals surface area contributed by atoms with Crippen LogP contribution in [0.5, 0.6) is 0 Å². The molecule has 1 N–H and O–H groups in total. The first kappa shape index (κ1) is 13.6. The molecule has 1 aliphatic rings. The standard InChI is InChI=1S/C15H26N2O/c1-11(2)15(16-4)13-7-8-17(9-13)10-14-6-5-12(3)18-14/h7-9,11-12,14-16H,5-6,10H2,1-4H3. The van der Waals surface area contributed by atoms with Crippen molar-refractivity contribution in [3.05, 3.63) is 24.0 Å². The predicted molar refractivity (Wildman–Crippen MR) is 74.6 cm³/mol. The van der Waals surface area contributed by atoms with Gasteiger partial charge in [-0.05, 0) is 44.4 Å². The summed E-state index contributed by atoms with van der Waals surface area (Å²) in [6, 6.07) is 2.66. The summed E-state index contributed by atoms with van der Waals surface area (Å²) in [5, 5.41) is 3.39. The third kappa shape index (κ3) is 3.15. The molecule has 0 aromatic carbocycles. The minimum Gasteiger partial charge on any atom is -0.373 e. The molecule has 1 aliphatic heterocycles. The highest BCUT2D eigenvalue weighted by Gasteiger charge is 2.22. The Bertz CT molecular complexity index is 372. The van der Waals surface area contributed by atoms with Gasteiger partial charge in [-0.2, -0.15) is 0 Å². The summed E-state index contributed by atoms with van der Waals surface area (Å²) >= 11 is 0. The fourth-order valence-electron chi connectivity index (χ4n) is 2.90. The third-order valence-electron chi connectivity index (χ3n) is 3.84. The lowest BCUT2D eigenvalue weighted by atomic mass is 9.99. The molecule has 3 atom stereocenters. The molecule has 3 nitrogen and oxygen atoms in total. The van der Waals surface area contributed by atoms with Gasteiger partial charge in [-0.25, -0.2) is 0 Å². The topological polar surface area (TPSA) is 26.2 Å². The molecular weight excluding hydrogens is 224 g/mol. The number of ether oxygens (including phenoxy) is 1. The van der Waals surface area contributed by atoms with Gasteiger partial charge in [0.25, 0.3) is 0 Å². The molecule has 0 spiro atoms. The SMILES string of the molecule is CNC(c1ccn(CC2CCC(C)O2)c1)C(C)C. The minimum atomic E-state index is 0.396. The van der Waals surface area contributed by atoms with Crippen LogP contribution in [0.4, 0.5) is 0 Å². The van der Waals surface area contributed by atoms with Crippen molar-refractivity contribution >= 4 is 0 Å². The number of nitrogens with one attached hydrogen (secondary N) is 1. The van der Waals surface area contributed by atoms with E-state index >= 15 is 0 Å². The molecule has 18 heavy (non-hydrogen) atoms. The summed E-state index contributed by atoms with van der Waals surface area (Å²) in [5.41, 5.74) is 1.37. The maximum atomic E-state index is 5.87. The van der Waals surface area contributed by atoms with Gasteiger partial charge in [-0.3, -0.25) is 0 Å². The van der Waals surface area contributed by atoms with Gasteiger partial charge in [-0.1, -0.05) is 13.8 Å². The average Bonchev–Trinajstić information content (AvgIpc) is 2.90. The highest BCUT2D eigenvalue weighted by atomic mass is 16.5. The van der Waals surface area contributed by atoms with Gasteiger partial charge in [0, 0.05) is 25.0 Å². The fourth-order valence-corrected chi connectivity index (χ4v) is 2.90. The molecule has 0 radical (unpaired) electrons. The lowest BCUT2D eigenvalue weighted by Gasteiger charge is -2.19. The summed E-state index contributed by atoms with van der Waals surface area (Å²) in [4.78, 5) is 0. The largest absolute Gasteiger partial charge is 0.373 e. The second kappa shape index (κ2) is 5.89. The molecule has 0 bridgehead atoms. The van der Waals surface area contributed by atoms with Crippen molar-refractivity contribution in [3.63, 3.8) is 0 Å². The highest BCUT2D eigenvalue weighted by molar-refractivity contribution is 5.16. The lowest BCUT2D eigenvalue weighted by Crippen LogP contribution is -2.21. The number of nitrogens with zero attached hydrogens (tertiary/aromatic N) is 1. The summed E-state index contributed by atoms with van der Waals surface area (Å²) in [7, 11) is 2.03. The zero-order valence-corrected chi connectivity index (χ0v) is 12.0. The van der Waals surface area contributed by atoms with Gasteiger partial charge < -0.3 is 14.6 Å². The third-order valence-corrected chi connectivity index (χ3v) is 3.84. The molecule has 3 unspecified atom stereocenters. The molecule has 0 amide bonds. The zero-order valence-electron chi connectivity index (χ0n) is 12.0. The first-order valence-electron chi connectivity index (χ1n) is 7.08. The number of rotatable bonds is 5. The first-order valence-corrected chi connectivity index (χ1v) is 7.08. The molecule has 2 heterocycles. The molecule has 102 valence electrons. The molecule has 1 saturated heterocycles. The Hall–Kier alpha value is -0.800. The molecule has 1 aromatic heterocycles. The summed E-state index contributed by atoms with van der Waals surface area (Å²) in [5.74, 6) is 0.605. The van der Waals surface area contributed by atoms with E-state index < -0.39 is 0 Å². The number of hydrogen-bond acceptors (Lipinski definition) is 2. The lowest BCUT2D eigenvalue weighted by molar-refractivity contribution is 0.0458. The Morgan fingerprint density at radius 2 is 2.22 bits per heavy atom. The van der Waals surface area contributed by atoms with Crippen molar-refractivity contribution in [2.45, 2.75) is 58.4 Å². The van der Waals surface area contributed by atoms with E-state index in [1.807, 2.05) is 7.05 Å². The van der Waals surface area contributed by atoms with Crippen molar-refractivity contribution in [1.82, 2.24) is 9.88 Å². The van der Waals surface area contributed by atoms with E-state index in [0.717, 1.165) is 6.54 Å². The molecule has 1 fully saturated rings. The van der Waals surface area contributed by atoms with Crippen molar-refractivity contribution in [1.29, 1.82) is 0 Å². The maximum absolute atomic E-state index is 5.87. The van der Waals surface area contributed by atoms with Crippen LogP contribution in [0.1, 0.15) is 45.2 Å². The summed E-state index contributed by atoms with van der Waals surface area (Å²) < 4.78 is 8.14. The van der Waals surface area contributed by atoms with Crippen LogP contribution in [0, 0.1) is 5.92 Å². The first-order chi connectivity index (χ1) is 8.60. The number of aromatic nitrogens is 1. The Morgan fingerprint density at radius 1 is 1.44 bits per heavy atom. The van der Waals surface area contributed by atoms with Crippen LogP contribution in [-0.2, 0) is 11.3 Å². The normalized spacial score (nSPS) is 25.8. The van der Waals surface area contributed by atoms with Gasteiger partial charge in [0.15, 0.2) is 0 Å². The second-order valence-electron chi connectivity index (χ2n) is 5.80. The highest BCUT2D eigenvalue weighted by Crippen LogP contribution is 2.24. The molecule has 0 aliphatic carbocycles. The van der Waals surface area contributed by atoms with Crippen LogP contribution in [0.25, 0.3) is 0 Å². The van der Waals surface area contributed by atoms with Crippen LogP contribution < -0.4 is 5.32 Å². The van der Waals surface area contributed by atoms with E-state index in [2.05, 4.69) is 49.1 Å². The smallest absolute Gasteiger partial charge is 0.0758 e. The van der Waals surface area contributed by atoms with E-state index in [0.29, 0.717) is 24.2 Å². The molecule has 0 saturated carbocycles. The van der Waals surface area contributed by atoms with Crippen LogP contribution in [-0.4, -0.2) is 23.8 Å². The Balaban J connectivity index is 1.97. The minimum absolute atomic E-state index is 0.396. The van der Waals surface area contributed by atoms with Gasteiger partial charge in [-0.15, -0.1) is 0 Å². The van der Waals surface area contributed by atoms with Crippen LogP contribution >= 0.6 is 0 Å². The molecule has 3 heteroatoms. The van der Waals surface area contributed by atoms with Gasteiger partial charge >= 0.3 is 0 Å². The van der Waals surface area contributed by atoms with Gasteiger partial charge in [0.05, 0.1) is 12.2 Å². The van der Waals surface area contributed by atoms with Crippen molar-refractivity contribution < 1.29 is 4.74 Å². The van der Waals surface area contributed by atoms with Crippen molar-refractivity contribution in [3.8, 4) is 0 Å². The van der Waals surface area contributed by atoms with E-state index in [9.17, 15) is 0 Å². The van der Waals surface area contributed by atoms with Crippen LogP contribution in [0.15, 0.2) is 18.5 Å². The predicted octanol–water partition coefficient (Wildman–Crippen LogP) is 2.97. The van der Waals surface area contributed by atoms with Gasteiger partial charge in [0.1, 0.15) is 0 Å². The van der Waals surface area contributed by atoms with E-state index in [1.165, 1.54) is 18.4 Å². The van der Waals surface area contributed by atoms with E-state index in [-0.39, 0.29) is 0 Å². The van der Waals surface area contributed by atoms with Crippen LogP contribution in [0.3, 0.4) is 0 Å². The Morgan fingerprint density at radius 3 is 2.78 bits per heavy atom. The van der Waals surface area contributed by atoms with Crippen LogP contribution in [0.2, 0.25) is 0 Å². The van der Waals surface area contributed by atoms with Gasteiger partial charge in [0.2, 0.25) is 0 Å². The average molecular weight is 250 g/mol. The number of hydrogen-bond donors (Lipinski definition) is 1. The Labute approximate surface area is 111 Å². The zero-order chi connectivity index (χ0) is 13.1. The fraction of sp³-hybridized carbons (Fsp3) is 0.733. The second-order valence-corrected chi connectivity index (χ2v) is 5.80. The summed E-state index contributed by atoms with van der Waals surface area (Å²) in [6.45, 7) is 7.65. The van der Waals surface area contributed by atoms with E-state index in [4.69, 9.17) is 4.74 Å². The molecule has 1 aromatic rings. The Kier molecular flexibility index (Phi) is 4.46.